The minimum absolute atomic E-state index is 0.373. The van der Waals surface area contributed by atoms with Crippen molar-refractivity contribution in [1.82, 2.24) is 14.8 Å². The summed E-state index contributed by atoms with van der Waals surface area (Å²) in [5.41, 5.74) is 0.373. The molecule has 4 aliphatic rings. The normalized spacial score (nSPS) is 40.0. The van der Waals surface area contributed by atoms with Gasteiger partial charge in [0.15, 0.2) is 0 Å². The minimum Gasteiger partial charge on any atom is -0.314 e. The highest BCUT2D eigenvalue weighted by atomic mass is 79.9. The molecular weight excluding hydrogens is 302 g/mol. The van der Waals surface area contributed by atoms with Gasteiger partial charge in [0.05, 0.1) is 5.33 Å². The Hall–Kier alpha value is -0.380. The van der Waals surface area contributed by atoms with Crippen molar-refractivity contribution in [3.63, 3.8) is 0 Å². The quantitative estimate of drug-likeness (QED) is 0.795. The Balaban J connectivity index is 1.77. The largest absolute Gasteiger partial charge is 0.314 e. The van der Waals surface area contributed by atoms with E-state index in [1.807, 2.05) is 0 Å². The van der Waals surface area contributed by atoms with E-state index in [2.05, 4.69) is 37.6 Å². The molecule has 3 nitrogen and oxygen atoms in total. The monoisotopic (exact) mass is 323 g/mol. The molecule has 0 saturated heterocycles. The van der Waals surface area contributed by atoms with Crippen LogP contribution in [0.3, 0.4) is 0 Å². The van der Waals surface area contributed by atoms with E-state index in [1.54, 1.807) is 0 Å². The molecule has 4 aliphatic carbocycles. The zero-order chi connectivity index (χ0) is 13.0. The summed E-state index contributed by atoms with van der Waals surface area (Å²) < 4.78 is 2.38. The van der Waals surface area contributed by atoms with Crippen molar-refractivity contribution in [3.05, 3.63) is 11.6 Å². The van der Waals surface area contributed by atoms with Crippen LogP contribution in [-0.2, 0) is 17.3 Å². The SMILES string of the molecule is CCn1c(CBr)nnc1C12CC3CC(CC(C3)C1)C2. The Labute approximate surface area is 123 Å². The van der Waals surface area contributed by atoms with Crippen LogP contribution >= 0.6 is 15.9 Å². The molecule has 0 spiro atoms. The number of hydrogen-bond donors (Lipinski definition) is 0. The fraction of sp³-hybridized carbons (Fsp3) is 0.867. The van der Waals surface area contributed by atoms with Gasteiger partial charge in [-0.05, 0) is 63.2 Å². The molecule has 5 rings (SSSR count). The van der Waals surface area contributed by atoms with Gasteiger partial charge >= 0.3 is 0 Å². The molecule has 0 amide bonds. The summed E-state index contributed by atoms with van der Waals surface area (Å²) in [4.78, 5) is 0. The van der Waals surface area contributed by atoms with Gasteiger partial charge in [0.1, 0.15) is 11.6 Å². The summed E-state index contributed by atoms with van der Waals surface area (Å²) in [6, 6.07) is 0. The lowest BCUT2D eigenvalue weighted by Gasteiger charge is -2.56. The Kier molecular flexibility index (Phi) is 2.80. The van der Waals surface area contributed by atoms with Crippen LogP contribution in [0, 0.1) is 17.8 Å². The summed E-state index contributed by atoms with van der Waals surface area (Å²) in [7, 11) is 0. The number of alkyl halides is 1. The Morgan fingerprint density at radius 1 is 1.11 bits per heavy atom. The van der Waals surface area contributed by atoms with Crippen molar-refractivity contribution in [2.45, 2.75) is 62.7 Å². The Bertz CT molecular complexity index is 458. The number of hydrogen-bond acceptors (Lipinski definition) is 2. The van der Waals surface area contributed by atoms with Crippen molar-refractivity contribution in [1.29, 1.82) is 0 Å². The Morgan fingerprint density at radius 3 is 2.16 bits per heavy atom. The van der Waals surface area contributed by atoms with E-state index in [0.717, 1.165) is 35.5 Å². The first-order valence-corrected chi connectivity index (χ1v) is 8.84. The highest BCUT2D eigenvalue weighted by molar-refractivity contribution is 9.08. The average Bonchev–Trinajstić information content (AvgIpc) is 2.80. The zero-order valence-electron chi connectivity index (χ0n) is 11.6. The molecule has 4 bridgehead atoms. The topological polar surface area (TPSA) is 30.7 Å². The summed E-state index contributed by atoms with van der Waals surface area (Å²) in [6.07, 6.45) is 8.60. The second-order valence-corrected chi connectivity index (χ2v) is 7.58. The lowest BCUT2D eigenvalue weighted by atomic mass is 9.49. The zero-order valence-corrected chi connectivity index (χ0v) is 13.2. The van der Waals surface area contributed by atoms with Gasteiger partial charge in [-0.15, -0.1) is 10.2 Å². The van der Waals surface area contributed by atoms with Gasteiger partial charge in [0.25, 0.3) is 0 Å². The van der Waals surface area contributed by atoms with E-state index in [1.165, 1.54) is 44.3 Å². The molecule has 0 aromatic carbocycles. The van der Waals surface area contributed by atoms with Crippen LogP contribution in [0.1, 0.15) is 57.1 Å². The second kappa shape index (κ2) is 4.31. The van der Waals surface area contributed by atoms with Crippen LogP contribution < -0.4 is 0 Å². The van der Waals surface area contributed by atoms with E-state index in [-0.39, 0.29) is 0 Å². The smallest absolute Gasteiger partial charge is 0.143 e. The van der Waals surface area contributed by atoms with E-state index in [0.29, 0.717) is 5.41 Å². The first-order valence-electron chi connectivity index (χ1n) is 7.72. The van der Waals surface area contributed by atoms with Gasteiger partial charge in [0, 0.05) is 12.0 Å². The standard InChI is InChI=1S/C15H22BrN3/c1-2-19-13(9-16)17-18-14(19)15-6-10-3-11(7-15)5-12(4-10)8-15/h10-12H,2-9H2,1H3. The molecule has 0 radical (unpaired) electrons. The fourth-order valence-electron chi connectivity index (χ4n) is 5.54. The average molecular weight is 324 g/mol. The molecule has 19 heavy (non-hydrogen) atoms. The predicted molar refractivity (Wildman–Crippen MR) is 78.2 cm³/mol. The van der Waals surface area contributed by atoms with Crippen molar-refractivity contribution < 1.29 is 0 Å². The van der Waals surface area contributed by atoms with E-state index in [9.17, 15) is 0 Å². The number of halogens is 1. The summed E-state index contributed by atoms with van der Waals surface area (Å²) in [5.74, 6) is 5.33. The molecule has 0 unspecified atom stereocenters. The van der Waals surface area contributed by atoms with Crippen LogP contribution in [0.5, 0.6) is 0 Å². The lowest BCUT2D eigenvalue weighted by molar-refractivity contribution is -0.0111. The maximum absolute atomic E-state index is 4.63. The van der Waals surface area contributed by atoms with Gasteiger partial charge in [-0.2, -0.15) is 0 Å². The fourth-order valence-corrected chi connectivity index (χ4v) is 5.96. The van der Waals surface area contributed by atoms with Gasteiger partial charge < -0.3 is 4.57 Å². The summed E-state index contributed by atoms with van der Waals surface area (Å²) in [6.45, 7) is 3.23. The molecular formula is C15H22BrN3. The van der Waals surface area contributed by atoms with E-state index < -0.39 is 0 Å². The second-order valence-electron chi connectivity index (χ2n) is 7.02. The van der Waals surface area contributed by atoms with Crippen molar-refractivity contribution in [3.8, 4) is 0 Å². The van der Waals surface area contributed by atoms with Crippen LogP contribution in [0.4, 0.5) is 0 Å². The summed E-state index contributed by atoms with van der Waals surface area (Å²) in [5, 5.41) is 9.88. The van der Waals surface area contributed by atoms with Gasteiger partial charge in [-0.1, -0.05) is 15.9 Å². The first kappa shape index (κ1) is 12.4. The van der Waals surface area contributed by atoms with Crippen molar-refractivity contribution in [2.75, 3.05) is 0 Å². The van der Waals surface area contributed by atoms with Crippen molar-refractivity contribution in [2.24, 2.45) is 17.8 Å². The Morgan fingerprint density at radius 2 is 1.68 bits per heavy atom. The maximum atomic E-state index is 4.63. The molecule has 1 aromatic heterocycles. The van der Waals surface area contributed by atoms with Crippen LogP contribution in [0.2, 0.25) is 0 Å². The molecule has 0 atom stereocenters. The van der Waals surface area contributed by atoms with E-state index in [4.69, 9.17) is 0 Å². The third-order valence-electron chi connectivity index (χ3n) is 5.78. The van der Waals surface area contributed by atoms with Crippen LogP contribution in [-0.4, -0.2) is 14.8 Å². The van der Waals surface area contributed by atoms with Gasteiger partial charge in [0.2, 0.25) is 0 Å². The maximum Gasteiger partial charge on any atom is 0.143 e. The minimum atomic E-state index is 0.373. The third kappa shape index (κ3) is 1.75. The van der Waals surface area contributed by atoms with Gasteiger partial charge in [-0.25, -0.2) is 0 Å². The molecule has 0 N–H and O–H groups in total. The highest BCUT2D eigenvalue weighted by Gasteiger charge is 2.53. The molecule has 4 fully saturated rings. The third-order valence-corrected chi connectivity index (χ3v) is 6.28. The van der Waals surface area contributed by atoms with E-state index >= 15 is 0 Å². The molecule has 0 aliphatic heterocycles. The lowest BCUT2D eigenvalue weighted by Crippen LogP contribution is -2.49. The molecule has 104 valence electrons. The summed E-state index contributed by atoms with van der Waals surface area (Å²) >= 11 is 3.55. The molecule has 4 saturated carbocycles. The molecule has 1 heterocycles. The van der Waals surface area contributed by atoms with Gasteiger partial charge in [-0.3, -0.25) is 0 Å². The number of rotatable bonds is 3. The first-order chi connectivity index (χ1) is 9.24. The highest BCUT2D eigenvalue weighted by Crippen LogP contribution is 2.60. The van der Waals surface area contributed by atoms with Crippen molar-refractivity contribution >= 4 is 15.9 Å². The number of nitrogens with zero attached hydrogens (tertiary/aromatic N) is 3. The molecule has 4 heteroatoms. The van der Waals surface area contributed by atoms with Crippen LogP contribution in [0.15, 0.2) is 0 Å². The van der Waals surface area contributed by atoms with Crippen LogP contribution in [0.25, 0.3) is 0 Å². The molecule has 1 aromatic rings. The number of aromatic nitrogens is 3. The predicted octanol–water partition coefficient (Wildman–Crippen LogP) is 3.66.